The van der Waals surface area contributed by atoms with Crippen LogP contribution in [0.2, 0.25) is 0 Å². The van der Waals surface area contributed by atoms with Crippen LogP contribution in [-0.4, -0.2) is 19.2 Å². The maximum Gasteiger partial charge on any atom is 0.190 e. The lowest BCUT2D eigenvalue weighted by Crippen LogP contribution is -2.50. The smallest absolute Gasteiger partial charge is 0.190 e. The fraction of sp³-hybridized carbons (Fsp3) is 0.300. The van der Waals surface area contributed by atoms with Crippen LogP contribution in [0.5, 0.6) is 5.75 Å². The van der Waals surface area contributed by atoms with E-state index in [-0.39, 0.29) is 6.10 Å². The first kappa shape index (κ1) is 8.09. The van der Waals surface area contributed by atoms with Gasteiger partial charge in [-0.15, -0.1) is 0 Å². The van der Waals surface area contributed by atoms with Crippen molar-refractivity contribution in [3.05, 3.63) is 35.7 Å². The molecule has 1 aliphatic heterocycles. The fourth-order valence-electron chi connectivity index (χ4n) is 1.16. The Morgan fingerprint density at radius 3 is 2.92 bits per heavy atom. The van der Waals surface area contributed by atoms with Crippen LogP contribution >= 0.6 is 0 Å². The molecule has 0 unspecified atom stereocenters. The SMILES string of the molecule is [C-]#[N+]c1cccc(OC2CNC2)c1. The molecule has 0 bridgehead atoms. The van der Waals surface area contributed by atoms with Gasteiger partial charge in [0.15, 0.2) is 5.69 Å². The minimum Gasteiger partial charge on any atom is -0.489 e. The highest BCUT2D eigenvalue weighted by Crippen LogP contribution is 2.21. The van der Waals surface area contributed by atoms with E-state index in [0.717, 1.165) is 18.8 Å². The zero-order chi connectivity index (χ0) is 9.10. The van der Waals surface area contributed by atoms with E-state index in [2.05, 4.69) is 10.2 Å². The number of nitrogens with one attached hydrogen (secondary N) is 1. The van der Waals surface area contributed by atoms with E-state index in [0.29, 0.717) is 5.69 Å². The number of hydrogen-bond acceptors (Lipinski definition) is 2. The average molecular weight is 174 g/mol. The second-order valence-electron chi connectivity index (χ2n) is 3.01. The lowest BCUT2D eigenvalue weighted by molar-refractivity contribution is 0.142. The zero-order valence-electron chi connectivity index (χ0n) is 7.16. The Morgan fingerprint density at radius 1 is 1.46 bits per heavy atom. The van der Waals surface area contributed by atoms with Gasteiger partial charge in [0.25, 0.3) is 0 Å². The molecule has 0 atom stereocenters. The van der Waals surface area contributed by atoms with E-state index in [1.54, 1.807) is 12.1 Å². The van der Waals surface area contributed by atoms with Crippen molar-refractivity contribution in [2.45, 2.75) is 6.10 Å². The molecule has 66 valence electrons. The Balaban J connectivity index is 2.07. The first-order valence-corrected chi connectivity index (χ1v) is 4.23. The lowest BCUT2D eigenvalue weighted by atomic mass is 10.2. The molecule has 0 amide bonds. The highest BCUT2D eigenvalue weighted by molar-refractivity contribution is 5.48. The number of ether oxygens (including phenoxy) is 1. The Hall–Kier alpha value is -1.53. The second-order valence-corrected chi connectivity index (χ2v) is 3.01. The van der Waals surface area contributed by atoms with E-state index in [9.17, 15) is 0 Å². The molecule has 3 nitrogen and oxygen atoms in total. The van der Waals surface area contributed by atoms with E-state index in [1.807, 2.05) is 12.1 Å². The van der Waals surface area contributed by atoms with Crippen LogP contribution in [0.1, 0.15) is 0 Å². The highest BCUT2D eigenvalue weighted by Gasteiger charge is 2.17. The van der Waals surface area contributed by atoms with Crippen LogP contribution in [0.25, 0.3) is 4.85 Å². The maximum atomic E-state index is 6.84. The molecule has 13 heavy (non-hydrogen) atoms. The topological polar surface area (TPSA) is 25.6 Å². The molecule has 0 aliphatic carbocycles. The van der Waals surface area contributed by atoms with Gasteiger partial charge in [0.05, 0.1) is 6.57 Å². The molecular formula is C10H10N2O. The van der Waals surface area contributed by atoms with E-state index in [4.69, 9.17) is 11.3 Å². The van der Waals surface area contributed by atoms with Crippen LogP contribution in [0, 0.1) is 6.57 Å². The van der Waals surface area contributed by atoms with Gasteiger partial charge in [0.1, 0.15) is 11.9 Å². The van der Waals surface area contributed by atoms with Gasteiger partial charge in [-0.1, -0.05) is 12.1 Å². The molecule has 1 N–H and O–H groups in total. The van der Waals surface area contributed by atoms with Crippen molar-refractivity contribution in [2.75, 3.05) is 13.1 Å². The lowest BCUT2D eigenvalue weighted by Gasteiger charge is -2.27. The monoisotopic (exact) mass is 174 g/mol. The third kappa shape index (κ3) is 1.79. The molecule has 3 heteroatoms. The molecule has 0 spiro atoms. The highest BCUT2D eigenvalue weighted by atomic mass is 16.5. The van der Waals surface area contributed by atoms with Crippen molar-refractivity contribution < 1.29 is 4.74 Å². The molecule has 0 saturated carbocycles. The molecule has 1 heterocycles. The number of rotatable bonds is 2. The summed E-state index contributed by atoms with van der Waals surface area (Å²) in [7, 11) is 0. The minimum absolute atomic E-state index is 0.279. The van der Waals surface area contributed by atoms with Crippen LogP contribution in [-0.2, 0) is 0 Å². The summed E-state index contributed by atoms with van der Waals surface area (Å²) in [5.74, 6) is 0.792. The van der Waals surface area contributed by atoms with Crippen molar-refractivity contribution in [1.82, 2.24) is 5.32 Å². The summed E-state index contributed by atoms with van der Waals surface area (Å²) in [4.78, 5) is 3.34. The molecule has 2 rings (SSSR count). The molecule has 1 fully saturated rings. The van der Waals surface area contributed by atoms with Gasteiger partial charge in [0.2, 0.25) is 0 Å². The standard InChI is InChI=1S/C10H10N2O/c1-11-8-3-2-4-9(5-8)13-10-6-12-7-10/h2-5,10,12H,6-7H2. The Labute approximate surface area is 77.2 Å². The quantitative estimate of drug-likeness (QED) is 0.689. The normalized spacial score (nSPS) is 15.9. The van der Waals surface area contributed by atoms with Crippen molar-refractivity contribution in [2.24, 2.45) is 0 Å². The largest absolute Gasteiger partial charge is 0.489 e. The van der Waals surface area contributed by atoms with Crippen LogP contribution in [0.15, 0.2) is 24.3 Å². The predicted molar refractivity (Wildman–Crippen MR) is 50.0 cm³/mol. The Bertz CT molecular complexity index is 339. The molecule has 1 saturated heterocycles. The molecule has 1 aromatic carbocycles. The summed E-state index contributed by atoms with van der Waals surface area (Å²) in [5, 5.41) is 3.12. The minimum atomic E-state index is 0.279. The molecule has 1 aromatic rings. The first-order valence-electron chi connectivity index (χ1n) is 4.23. The summed E-state index contributed by atoms with van der Waals surface area (Å²) >= 11 is 0. The number of nitrogens with zero attached hydrogens (tertiary/aromatic N) is 1. The van der Waals surface area contributed by atoms with Crippen molar-refractivity contribution >= 4 is 5.69 Å². The van der Waals surface area contributed by atoms with Gasteiger partial charge in [-0.3, -0.25) is 0 Å². The van der Waals surface area contributed by atoms with Gasteiger partial charge < -0.3 is 10.1 Å². The summed E-state index contributed by atoms with van der Waals surface area (Å²) in [6.07, 6.45) is 0.279. The summed E-state index contributed by atoms with van der Waals surface area (Å²) in [5.41, 5.74) is 0.629. The van der Waals surface area contributed by atoms with E-state index < -0.39 is 0 Å². The van der Waals surface area contributed by atoms with E-state index >= 15 is 0 Å². The second kappa shape index (κ2) is 3.46. The van der Waals surface area contributed by atoms with Gasteiger partial charge in [0, 0.05) is 13.1 Å². The van der Waals surface area contributed by atoms with Crippen LogP contribution in [0.4, 0.5) is 5.69 Å². The molecule has 0 radical (unpaired) electrons. The van der Waals surface area contributed by atoms with E-state index in [1.165, 1.54) is 0 Å². The third-order valence-corrected chi connectivity index (χ3v) is 1.99. The van der Waals surface area contributed by atoms with Gasteiger partial charge in [-0.25, -0.2) is 4.85 Å². The average Bonchev–Trinajstić information content (AvgIpc) is 2.12. The first-order chi connectivity index (χ1) is 6.38. The predicted octanol–water partition coefficient (Wildman–Crippen LogP) is 1.59. The van der Waals surface area contributed by atoms with Gasteiger partial charge in [-0.2, -0.15) is 0 Å². The zero-order valence-corrected chi connectivity index (χ0v) is 7.16. The molecule has 0 aromatic heterocycles. The Morgan fingerprint density at radius 2 is 2.31 bits per heavy atom. The van der Waals surface area contributed by atoms with Crippen molar-refractivity contribution in [3.8, 4) is 5.75 Å². The van der Waals surface area contributed by atoms with Crippen LogP contribution < -0.4 is 10.1 Å². The Kier molecular flexibility index (Phi) is 2.15. The number of benzene rings is 1. The summed E-state index contributed by atoms with van der Waals surface area (Å²) in [6.45, 7) is 8.65. The van der Waals surface area contributed by atoms with Crippen molar-refractivity contribution in [3.63, 3.8) is 0 Å². The van der Waals surface area contributed by atoms with Crippen LogP contribution in [0.3, 0.4) is 0 Å². The number of hydrogen-bond donors (Lipinski definition) is 1. The molecule has 1 aliphatic rings. The van der Waals surface area contributed by atoms with Gasteiger partial charge in [-0.05, 0) is 12.1 Å². The van der Waals surface area contributed by atoms with Crippen molar-refractivity contribution in [1.29, 1.82) is 0 Å². The maximum absolute atomic E-state index is 6.84. The summed E-state index contributed by atoms with van der Waals surface area (Å²) < 4.78 is 5.59. The fourth-order valence-corrected chi connectivity index (χ4v) is 1.16. The third-order valence-electron chi connectivity index (χ3n) is 1.99. The molecular weight excluding hydrogens is 164 g/mol. The summed E-state index contributed by atoms with van der Waals surface area (Å²) in [6, 6.07) is 7.27. The van der Waals surface area contributed by atoms with Gasteiger partial charge >= 0.3 is 0 Å².